The molecule has 172 valence electrons. The van der Waals surface area contributed by atoms with Crippen LogP contribution in [0.4, 0.5) is 5.69 Å². The number of thioether (sulfide) groups is 1. The van der Waals surface area contributed by atoms with E-state index >= 15 is 0 Å². The third-order valence-electron chi connectivity index (χ3n) is 5.59. The maximum absolute atomic E-state index is 12.5. The van der Waals surface area contributed by atoms with Crippen LogP contribution in [0.1, 0.15) is 36.4 Å². The van der Waals surface area contributed by atoms with Crippen molar-refractivity contribution < 1.29 is 14.3 Å². The van der Waals surface area contributed by atoms with E-state index in [-0.39, 0.29) is 29.4 Å². The van der Waals surface area contributed by atoms with Crippen molar-refractivity contribution in [1.29, 1.82) is 0 Å². The summed E-state index contributed by atoms with van der Waals surface area (Å²) in [5.41, 5.74) is 2.97. The number of piperidine rings is 1. The Morgan fingerprint density at radius 2 is 1.78 bits per heavy atom. The summed E-state index contributed by atoms with van der Waals surface area (Å²) in [6, 6.07) is 15.8. The van der Waals surface area contributed by atoms with Crippen LogP contribution < -0.4 is 15.4 Å². The molecule has 2 aromatic carbocycles. The third-order valence-corrected chi connectivity index (χ3v) is 6.52. The molecule has 3 rings (SSSR count). The number of likely N-dealkylation sites (tertiary alicyclic amines) is 1. The van der Waals surface area contributed by atoms with Gasteiger partial charge in [0.15, 0.2) is 0 Å². The summed E-state index contributed by atoms with van der Waals surface area (Å²) in [4.78, 5) is 27.1. The Morgan fingerprint density at radius 3 is 2.53 bits per heavy atom. The number of para-hydroxylation sites is 1. The highest BCUT2D eigenvalue weighted by molar-refractivity contribution is 8.00. The van der Waals surface area contributed by atoms with Crippen LogP contribution in [0.25, 0.3) is 0 Å². The number of methoxy groups -OCH3 is 1. The summed E-state index contributed by atoms with van der Waals surface area (Å²) in [6.07, 6.45) is 3.60. The average molecular weight is 456 g/mol. The Kier molecular flexibility index (Phi) is 9.43. The lowest BCUT2D eigenvalue weighted by Crippen LogP contribution is -2.41. The van der Waals surface area contributed by atoms with Gasteiger partial charge >= 0.3 is 0 Å². The zero-order chi connectivity index (χ0) is 22.8. The molecule has 2 N–H and O–H groups in total. The Morgan fingerprint density at radius 1 is 1.03 bits per heavy atom. The number of anilines is 1. The fraction of sp³-hybridized carbons (Fsp3) is 0.440. The molecule has 0 spiro atoms. The maximum atomic E-state index is 12.5. The second-order valence-corrected chi connectivity index (χ2v) is 9.05. The van der Waals surface area contributed by atoms with Gasteiger partial charge in [0.25, 0.3) is 0 Å². The number of benzene rings is 2. The Labute approximate surface area is 195 Å². The quantitative estimate of drug-likeness (QED) is 0.566. The Hall–Kier alpha value is -2.51. The zero-order valence-corrected chi connectivity index (χ0v) is 19.7. The highest BCUT2D eigenvalue weighted by atomic mass is 32.2. The maximum Gasteiger partial charge on any atom is 0.234 e. The molecule has 1 fully saturated rings. The van der Waals surface area contributed by atoms with E-state index in [1.807, 2.05) is 49.4 Å². The summed E-state index contributed by atoms with van der Waals surface area (Å²) >= 11 is 1.32. The fourth-order valence-corrected chi connectivity index (χ4v) is 4.67. The first-order valence-electron chi connectivity index (χ1n) is 11.1. The van der Waals surface area contributed by atoms with Crippen LogP contribution in [0.2, 0.25) is 0 Å². The van der Waals surface area contributed by atoms with Crippen LogP contribution in [-0.4, -0.2) is 55.0 Å². The zero-order valence-electron chi connectivity index (χ0n) is 18.9. The van der Waals surface area contributed by atoms with Crippen LogP contribution in [0, 0.1) is 6.92 Å². The van der Waals surface area contributed by atoms with E-state index in [2.05, 4.69) is 21.6 Å². The van der Waals surface area contributed by atoms with Crippen molar-refractivity contribution in [3.8, 4) is 5.75 Å². The van der Waals surface area contributed by atoms with Gasteiger partial charge in [0.1, 0.15) is 5.75 Å². The molecule has 0 aliphatic carbocycles. The van der Waals surface area contributed by atoms with E-state index in [9.17, 15) is 9.59 Å². The van der Waals surface area contributed by atoms with Gasteiger partial charge in [-0.2, -0.15) is 0 Å². The number of hydrogen-bond acceptors (Lipinski definition) is 5. The third kappa shape index (κ3) is 7.28. The number of hydrogen-bond donors (Lipinski definition) is 2. The summed E-state index contributed by atoms with van der Waals surface area (Å²) in [5.74, 6) is 1.17. The molecule has 0 bridgehead atoms. The number of rotatable bonds is 10. The number of carbonyl (C=O) groups is 2. The summed E-state index contributed by atoms with van der Waals surface area (Å²) in [6.45, 7) is 4.55. The van der Waals surface area contributed by atoms with Gasteiger partial charge in [-0.05, 0) is 56.6 Å². The first kappa shape index (κ1) is 24.1. The van der Waals surface area contributed by atoms with Gasteiger partial charge in [-0.3, -0.25) is 14.5 Å². The van der Waals surface area contributed by atoms with Gasteiger partial charge < -0.3 is 15.4 Å². The van der Waals surface area contributed by atoms with E-state index in [4.69, 9.17) is 4.74 Å². The number of nitrogens with zero attached hydrogens (tertiary/aromatic N) is 1. The van der Waals surface area contributed by atoms with Gasteiger partial charge in [-0.25, -0.2) is 0 Å². The molecule has 1 saturated heterocycles. The summed E-state index contributed by atoms with van der Waals surface area (Å²) < 4.78 is 5.58. The van der Waals surface area contributed by atoms with E-state index in [0.717, 1.165) is 35.7 Å². The molecule has 2 amide bonds. The van der Waals surface area contributed by atoms with Gasteiger partial charge in [-0.1, -0.05) is 36.8 Å². The monoisotopic (exact) mass is 455 g/mol. The van der Waals surface area contributed by atoms with Crippen molar-refractivity contribution in [2.24, 2.45) is 0 Å². The topological polar surface area (TPSA) is 70.7 Å². The number of aryl methyl sites for hydroxylation is 1. The Balaban J connectivity index is 1.49. The predicted octanol–water partition coefficient (Wildman–Crippen LogP) is 4.02. The molecule has 1 unspecified atom stereocenters. The highest BCUT2D eigenvalue weighted by Crippen LogP contribution is 2.30. The normalized spacial score (nSPS) is 15.1. The summed E-state index contributed by atoms with van der Waals surface area (Å²) in [7, 11) is 1.68. The fourth-order valence-electron chi connectivity index (χ4n) is 4.03. The van der Waals surface area contributed by atoms with E-state index in [0.29, 0.717) is 6.54 Å². The van der Waals surface area contributed by atoms with Crippen LogP contribution in [0.5, 0.6) is 5.75 Å². The molecule has 7 heteroatoms. The second kappa shape index (κ2) is 12.5. The van der Waals surface area contributed by atoms with Crippen LogP contribution in [-0.2, 0) is 9.59 Å². The standard InChI is InChI=1S/C25H33N3O3S/c1-19-9-8-10-20(15-19)27-25(30)18-32-17-24(29)26-16-22(28-13-6-3-7-14-28)21-11-4-5-12-23(21)31-2/h4-5,8-12,15,22H,3,6-7,13-14,16-18H2,1-2H3,(H,26,29)(H,27,30). The van der Waals surface area contributed by atoms with Crippen molar-refractivity contribution in [3.05, 3.63) is 59.7 Å². The molecule has 1 aliphatic heterocycles. The van der Waals surface area contributed by atoms with Crippen molar-refractivity contribution in [1.82, 2.24) is 10.2 Å². The lowest BCUT2D eigenvalue weighted by atomic mass is 10.0. The smallest absolute Gasteiger partial charge is 0.234 e. The first-order valence-corrected chi connectivity index (χ1v) is 12.3. The largest absolute Gasteiger partial charge is 0.496 e. The van der Waals surface area contributed by atoms with E-state index in [1.165, 1.54) is 31.0 Å². The van der Waals surface area contributed by atoms with Crippen LogP contribution in [0.3, 0.4) is 0 Å². The average Bonchev–Trinajstić information content (AvgIpc) is 2.80. The minimum absolute atomic E-state index is 0.0599. The van der Waals surface area contributed by atoms with Gasteiger partial charge in [-0.15, -0.1) is 11.8 Å². The molecule has 6 nitrogen and oxygen atoms in total. The molecular formula is C25H33N3O3S. The van der Waals surface area contributed by atoms with Crippen molar-refractivity contribution >= 4 is 29.3 Å². The van der Waals surface area contributed by atoms with Crippen molar-refractivity contribution in [2.45, 2.75) is 32.2 Å². The molecule has 1 heterocycles. The molecule has 0 aromatic heterocycles. The number of nitrogens with one attached hydrogen (secondary N) is 2. The number of amides is 2. The van der Waals surface area contributed by atoms with E-state index in [1.54, 1.807) is 7.11 Å². The second-order valence-electron chi connectivity index (χ2n) is 8.07. The number of ether oxygens (including phenoxy) is 1. The molecule has 1 atom stereocenters. The summed E-state index contributed by atoms with van der Waals surface area (Å²) in [5, 5.41) is 5.94. The minimum atomic E-state index is -0.103. The van der Waals surface area contributed by atoms with Crippen LogP contribution in [0.15, 0.2) is 48.5 Å². The van der Waals surface area contributed by atoms with Crippen molar-refractivity contribution in [3.63, 3.8) is 0 Å². The first-order chi connectivity index (χ1) is 15.6. The van der Waals surface area contributed by atoms with Crippen LogP contribution >= 0.6 is 11.8 Å². The van der Waals surface area contributed by atoms with Gasteiger partial charge in [0.05, 0.1) is 24.7 Å². The minimum Gasteiger partial charge on any atom is -0.496 e. The molecule has 0 saturated carbocycles. The molecular weight excluding hydrogens is 422 g/mol. The lowest BCUT2D eigenvalue weighted by molar-refractivity contribution is -0.118. The number of carbonyl (C=O) groups excluding carboxylic acids is 2. The molecule has 0 radical (unpaired) electrons. The molecule has 1 aliphatic rings. The predicted molar refractivity (Wildman–Crippen MR) is 131 cm³/mol. The lowest BCUT2D eigenvalue weighted by Gasteiger charge is -2.35. The molecule has 2 aromatic rings. The molecule has 32 heavy (non-hydrogen) atoms. The highest BCUT2D eigenvalue weighted by Gasteiger charge is 2.25. The van der Waals surface area contributed by atoms with Gasteiger partial charge in [0, 0.05) is 17.8 Å². The Bertz CT molecular complexity index is 900. The SMILES string of the molecule is COc1ccccc1C(CNC(=O)CSCC(=O)Nc1cccc(C)c1)N1CCCCC1. The van der Waals surface area contributed by atoms with Gasteiger partial charge in [0.2, 0.25) is 11.8 Å². The van der Waals surface area contributed by atoms with E-state index < -0.39 is 0 Å². The van der Waals surface area contributed by atoms with Crippen molar-refractivity contribution in [2.75, 3.05) is 43.6 Å².